The number of aromatic nitrogens is 2. The van der Waals surface area contributed by atoms with Crippen LogP contribution < -0.4 is 16.0 Å². The van der Waals surface area contributed by atoms with Crippen LogP contribution in [0, 0.1) is 19.8 Å². The number of carbonyl (C=O) groups is 4. The zero-order valence-corrected chi connectivity index (χ0v) is 25.4. The van der Waals surface area contributed by atoms with E-state index >= 15 is 0 Å². The summed E-state index contributed by atoms with van der Waals surface area (Å²) in [7, 11) is 0. The summed E-state index contributed by atoms with van der Waals surface area (Å²) in [5.74, 6) is -2.44. The largest absolute Gasteiger partial charge is 0.481 e. The second-order valence-corrected chi connectivity index (χ2v) is 11.0. The highest BCUT2D eigenvalue weighted by Crippen LogP contribution is 2.29. The van der Waals surface area contributed by atoms with Crippen LogP contribution in [0.3, 0.4) is 0 Å². The van der Waals surface area contributed by atoms with E-state index in [1.54, 1.807) is 0 Å². The number of nitrogens with zero attached hydrogens (tertiary/aromatic N) is 1. The Morgan fingerprint density at radius 2 is 1.53 bits per heavy atom. The summed E-state index contributed by atoms with van der Waals surface area (Å²) < 4.78 is 0. The number of H-pyrrole nitrogens is 2. The van der Waals surface area contributed by atoms with Gasteiger partial charge < -0.3 is 25.5 Å². The van der Waals surface area contributed by atoms with Crippen LogP contribution >= 0.6 is 0 Å². The molecule has 43 heavy (non-hydrogen) atoms. The first-order chi connectivity index (χ1) is 20.4. The van der Waals surface area contributed by atoms with Crippen molar-refractivity contribution in [2.45, 2.75) is 73.6 Å². The van der Waals surface area contributed by atoms with Crippen LogP contribution in [-0.2, 0) is 32.0 Å². The van der Waals surface area contributed by atoms with E-state index in [1.165, 1.54) is 0 Å². The quantitative estimate of drug-likeness (QED) is 0.286. The molecule has 10 nitrogen and oxygen atoms in total. The van der Waals surface area contributed by atoms with Crippen LogP contribution in [0.25, 0.3) is 18.2 Å². The minimum absolute atomic E-state index is 0.0721. The molecule has 2 aromatic rings. The Labute approximate surface area is 249 Å². The van der Waals surface area contributed by atoms with E-state index in [-0.39, 0.29) is 43.4 Å². The van der Waals surface area contributed by atoms with Gasteiger partial charge in [0.05, 0.1) is 11.6 Å². The van der Waals surface area contributed by atoms with Gasteiger partial charge in [0.25, 0.3) is 5.91 Å². The number of aromatic amines is 2. The molecule has 1 fully saturated rings. The smallest absolute Gasteiger partial charge is 0.303 e. The number of carboxylic acids is 2. The molecular weight excluding hydrogens is 548 g/mol. The molecule has 1 atom stereocenters. The zero-order valence-electron chi connectivity index (χ0n) is 25.4. The predicted octanol–water partition coefficient (Wildman–Crippen LogP) is 3.36. The Morgan fingerprint density at radius 3 is 2.12 bits per heavy atom. The number of rotatable bonds is 10. The normalized spacial score (nSPS) is 19.8. The van der Waals surface area contributed by atoms with Gasteiger partial charge in [-0.3, -0.25) is 19.2 Å². The Balaban J connectivity index is 1.91. The molecule has 1 unspecified atom stereocenters. The summed E-state index contributed by atoms with van der Waals surface area (Å²) in [5.41, 5.74) is 8.40. The van der Waals surface area contributed by atoms with Crippen molar-refractivity contribution in [1.29, 1.82) is 0 Å². The van der Waals surface area contributed by atoms with Crippen LogP contribution in [0.4, 0.5) is 0 Å². The maximum atomic E-state index is 12.3. The third-order valence-electron chi connectivity index (χ3n) is 8.35. The topological polar surface area (TPSA) is 165 Å². The number of allylic oxidation sites excluding steroid dienone is 3. The molecule has 0 saturated carbocycles. The molecule has 2 aromatic heterocycles. The molecule has 10 heteroatoms. The summed E-state index contributed by atoms with van der Waals surface area (Å²) in [6, 6.07) is 0. The molecule has 5 N–H and O–H groups in total. The molecule has 0 spiro atoms. The third-order valence-corrected chi connectivity index (χ3v) is 8.35. The van der Waals surface area contributed by atoms with Crippen LogP contribution in [0.1, 0.15) is 80.6 Å². The van der Waals surface area contributed by atoms with E-state index in [4.69, 9.17) is 0 Å². The third kappa shape index (κ3) is 6.38. The van der Waals surface area contributed by atoms with Gasteiger partial charge >= 0.3 is 11.9 Å². The predicted molar refractivity (Wildman–Crippen MR) is 165 cm³/mol. The summed E-state index contributed by atoms with van der Waals surface area (Å²) in [6.07, 6.45) is 8.45. The van der Waals surface area contributed by atoms with Gasteiger partial charge in [-0.1, -0.05) is 13.0 Å². The minimum atomic E-state index is -0.923. The van der Waals surface area contributed by atoms with Crippen molar-refractivity contribution in [3.63, 3.8) is 0 Å². The van der Waals surface area contributed by atoms with E-state index in [2.05, 4.69) is 20.3 Å². The molecule has 2 amide bonds. The number of aliphatic carboxylic acids is 2. The number of carbonyl (C=O) groups excluding carboxylic acids is 2. The van der Waals surface area contributed by atoms with Crippen LogP contribution in [0.5, 0.6) is 0 Å². The fourth-order valence-corrected chi connectivity index (χ4v) is 5.77. The van der Waals surface area contributed by atoms with Crippen molar-refractivity contribution in [3.8, 4) is 0 Å². The number of aliphatic imine (C=N–C) groups is 1. The molecule has 0 aromatic carbocycles. The first-order valence-corrected chi connectivity index (χ1v) is 14.4. The fraction of sp³-hybridized carbons (Fsp3) is 0.364. The number of hydrogen-bond donors (Lipinski definition) is 5. The second-order valence-electron chi connectivity index (χ2n) is 11.0. The molecule has 0 aliphatic carbocycles. The molecule has 4 rings (SSSR count). The number of amides is 2. The van der Waals surface area contributed by atoms with Crippen molar-refractivity contribution in [2.24, 2.45) is 10.9 Å². The molecule has 1 saturated heterocycles. The van der Waals surface area contributed by atoms with Crippen molar-refractivity contribution in [1.82, 2.24) is 15.3 Å². The summed E-state index contributed by atoms with van der Waals surface area (Å²) in [5, 5.41) is 23.2. The molecule has 226 valence electrons. The lowest BCUT2D eigenvalue weighted by Crippen LogP contribution is -2.16. The maximum Gasteiger partial charge on any atom is 0.303 e. The average molecular weight is 587 g/mol. The molecule has 2 aliphatic rings. The van der Waals surface area contributed by atoms with Gasteiger partial charge in [0.15, 0.2) is 0 Å². The molecule has 2 aliphatic heterocycles. The molecule has 0 radical (unpaired) electrons. The van der Waals surface area contributed by atoms with Crippen molar-refractivity contribution in [2.75, 3.05) is 0 Å². The second kappa shape index (κ2) is 12.6. The standard InChI is InChI=1S/C33H38N4O6/c1-7-20-19(6)32(42)37-27(20)14-25-18(5)23(10-12-31(40)41)29(35-25)15-28-22(9-11-30(38)39)17(4)24(34-28)13-26-16(3)21(8-2)33(43)36-26/h7,13-15,19,34-35H,8-12H2,1-6H3,(H,37,42)(H,38,39)(H,40,41)/b20-7?,24-13?,27-14-,28-15?. The number of hydrogen-bond acceptors (Lipinski definition) is 4. The van der Waals surface area contributed by atoms with Crippen LogP contribution in [0.15, 0.2) is 33.5 Å². The van der Waals surface area contributed by atoms with Crippen LogP contribution in [0.2, 0.25) is 0 Å². The van der Waals surface area contributed by atoms with Crippen LogP contribution in [-0.4, -0.2) is 49.6 Å². The Bertz CT molecular complexity index is 1780. The van der Waals surface area contributed by atoms with Gasteiger partial charge in [0.1, 0.15) is 0 Å². The van der Waals surface area contributed by atoms with E-state index in [0.29, 0.717) is 39.8 Å². The van der Waals surface area contributed by atoms with E-state index in [9.17, 15) is 29.4 Å². The van der Waals surface area contributed by atoms with Gasteiger partial charge in [0, 0.05) is 46.2 Å². The minimum Gasteiger partial charge on any atom is -0.481 e. The molecular formula is C33H38N4O6. The van der Waals surface area contributed by atoms with Gasteiger partial charge in [0.2, 0.25) is 5.91 Å². The maximum absolute atomic E-state index is 12.3. The average Bonchev–Trinajstić information content (AvgIpc) is 3.59. The number of carboxylic acid groups (broad SMARTS) is 2. The first-order valence-electron chi connectivity index (χ1n) is 14.4. The number of nitrogens with one attached hydrogen (secondary N) is 3. The SMILES string of the molecule is CC=C1/C(=C/c2[nH]c(C=c3[nH]c(=CC4=NC(=O)C(CC)=C4C)c(C)c3CCC(=O)O)c(CCC(=O)O)c2C)NC(=O)C1C. The highest BCUT2D eigenvalue weighted by atomic mass is 16.4. The van der Waals surface area contributed by atoms with Crippen molar-refractivity contribution in [3.05, 3.63) is 72.8 Å². The van der Waals surface area contributed by atoms with Gasteiger partial charge in [-0.15, -0.1) is 0 Å². The van der Waals surface area contributed by atoms with Gasteiger partial charge in [-0.25, -0.2) is 4.99 Å². The summed E-state index contributed by atoms with van der Waals surface area (Å²) >= 11 is 0. The summed E-state index contributed by atoms with van der Waals surface area (Å²) in [6.45, 7) is 11.3. The highest BCUT2D eigenvalue weighted by Gasteiger charge is 2.29. The van der Waals surface area contributed by atoms with Crippen molar-refractivity contribution >= 4 is 47.7 Å². The summed E-state index contributed by atoms with van der Waals surface area (Å²) in [4.78, 5) is 58.8. The molecule has 4 heterocycles. The zero-order chi connectivity index (χ0) is 31.6. The fourth-order valence-electron chi connectivity index (χ4n) is 5.77. The highest BCUT2D eigenvalue weighted by molar-refractivity contribution is 6.30. The van der Waals surface area contributed by atoms with Crippen molar-refractivity contribution < 1.29 is 29.4 Å². The van der Waals surface area contributed by atoms with E-state index < -0.39 is 11.9 Å². The Hall–Kier alpha value is -4.73. The molecule has 0 bridgehead atoms. The first kappa shape index (κ1) is 31.2. The van der Waals surface area contributed by atoms with E-state index in [1.807, 2.05) is 65.8 Å². The van der Waals surface area contributed by atoms with Gasteiger partial charge in [-0.05, 0) is 106 Å². The lowest BCUT2D eigenvalue weighted by molar-refractivity contribution is -0.138. The lowest BCUT2D eigenvalue weighted by atomic mass is 10.00. The Kier molecular flexibility index (Phi) is 9.18. The Morgan fingerprint density at radius 1 is 0.884 bits per heavy atom. The lowest BCUT2D eigenvalue weighted by Gasteiger charge is -2.03. The monoisotopic (exact) mass is 586 g/mol. The van der Waals surface area contributed by atoms with E-state index in [0.717, 1.165) is 39.1 Å². The van der Waals surface area contributed by atoms with Gasteiger partial charge in [-0.2, -0.15) is 0 Å².